The first-order valence-electron chi connectivity index (χ1n) is 7.73. The standard InChI is InChI=1S/C16H23N5S/c1-11-12(2)17-10-18-16(11)21-7-5-20(6-8-21)9-15-13(3)19-14(4)22-15/h10H,5-9H2,1-4H3. The monoisotopic (exact) mass is 317 g/mol. The summed E-state index contributed by atoms with van der Waals surface area (Å²) >= 11 is 1.82. The topological polar surface area (TPSA) is 45.2 Å². The molecule has 0 bridgehead atoms. The number of anilines is 1. The predicted octanol–water partition coefficient (Wildman–Crippen LogP) is 2.49. The molecule has 0 N–H and O–H groups in total. The third kappa shape index (κ3) is 3.13. The fourth-order valence-electron chi connectivity index (χ4n) is 2.89. The normalized spacial score (nSPS) is 16.3. The molecule has 2 aromatic heterocycles. The molecule has 5 nitrogen and oxygen atoms in total. The molecule has 1 aliphatic rings. The zero-order valence-corrected chi connectivity index (χ0v) is 14.6. The molecule has 22 heavy (non-hydrogen) atoms. The Balaban J connectivity index is 1.63. The lowest BCUT2D eigenvalue weighted by atomic mass is 10.2. The first-order valence-corrected chi connectivity index (χ1v) is 8.54. The maximum absolute atomic E-state index is 4.52. The SMILES string of the molecule is Cc1nc(C)c(CN2CCN(c3ncnc(C)c3C)CC2)s1. The van der Waals surface area contributed by atoms with Crippen LogP contribution in [0.2, 0.25) is 0 Å². The van der Waals surface area contributed by atoms with E-state index in [9.17, 15) is 0 Å². The van der Waals surface area contributed by atoms with E-state index in [1.807, 2.05) is 18.3 Å². The minimum atomic E-state index is 1.02. The maximum Gasteiger partial charge on any atom is 0.135 e. The van der Waals surface area contributed by atoms with Gasteiger partial charge in [-0.25, -0.2) is 15.0 Å². The molecule has 1 saturated heterocycles. The summed E-state index contributed by atoms with van der Waals surface area (Å²) < 4.78 is 0. The Hall–Kier alpha value is -1.53. The third-order valence-corrected chi connectivity index (χ3v) is 5.41. The van der Waals surface area contributed by atoms with Crippen molar-refractivity contribution < 1.29 is 0 Å². The lowest BCUT2D eigenvalue weighted by molar-refractivity contribution is 0.250. The molecule has 1 aliphatic heterocycles. The van der Waals surface area contributed by atoms with E-state index in [-0.39, 0.29) is 0 Å². The van der Waals surface area contributed by atoms with Crippen LogP contribution < -0.4 is 4.90 Å². The molecular formula is C16H23N5S. The number of piperazine rings is 1. The van der Waals surface area contributed by atoms with Crippen LogP contribution in [0.5, 0.6) is 0 Å². The van der Waals surface area contributed by atoms with Gasteiger partial charge >= 0.3 is 0 Å². The molecule has 0 amide bonds. The van der Waals surface area contributed by atoms with Crippen molar-refractivity contribution in [3.63, 3.8) is 0 Å². The maximum atomic E-state index is 4.52. The molecule has 0 spiro atoms. The van der Waals surface area contributed by atoms with E-state index in [4.69, 9.17) is 0 Å². The molecule has 0 saturated carbocycles. The molecular weight excluding hydrogens is 294 g/mol. The second-order valence-electron chi connectivity index (χ2n) is 5.91. The van der Waals surface area contributed by atoms with Crippen molar-refractivity contribution in [2.24, 2.45) is 0 Å². The van der Waals surface area contributed by atoms with E-state index >= 15 is 0 Å². The number of thiazole rings is 1. The van der Waals surface area contributed by atoms with Crippen LogP contribution in [0.25, 0.3) is 0 Å². The summed E-state index contributed by atoms with van der Waals surface area (Å²) in [5.41, 5.74) is 3.46. The molecule has 1 fully saturated rings. The highest BCUT2D eigenvalue weighted by Crippen LogP contribution is 2.22. The van der Waals surface area contributed by atoms with Crippen LogP contribution in [0.1, 0.15) is 26.8 Å². The van der Waals surface area contributed by atoms with Crippen LogP contribution in [-0.2, 0) is 6.54 Å². The molecule has 118 valence electrons. The summed E-state index contributed by atoms with van der Waals surface area (Å²) in [6, 6.07) is 0. The van der Waals surface area contributed by atoms with E-state index < -0.39 is 0 Å². The third-order valence-electron chi connectivity index (χ3n) is 4.35. The highest BCUT2D eigenvalue weighted by molar-refractivity contribution is 7.11. The fourth-order valence-corrected chi connectivity index (χ4v) is 3.87. The number of aromatic nitrogens is 3. The van der Waals surface area contributed by atoms with Gasteiger partial charge in [0, 0.05) is 48.9 Å². The second-order valence-corrected chi connectivity index (χ2v) is 7.20. The molecule has 0 aromatic carbocycles. The van der Waals surface area contributed by atoms with Gasteiger partial charge in [0.1, 0.15) is 12.1 Å². The Morgan fingerprint density at radius 3 is 2.36 bits per heavy atom. The summed E-state index contributed by atoms with van der Waals surface area (Å²) in [5, 5.41) is 1.17. The van der Waals surface area contributed by atoms with Gasteiger partial charge in [-0.2, -0.15) is 0 Å². The number of aryl methyl sites for hydroxylation is 3. The summed E-state index contributed by atoms with van der Waals surface area (Å²) in [6.07, 6.45) is 1.67. The predicted molar refractivity (Wildman–Crippen MR) is 90.6 cm³/mol. The quantitative estimate of drug-likeness (QED) is 0.870. The molecule has 0 radical (unpaired) electrons. The van der Waals surface area contributed by atoms with E-state index in [0.29, 0.717) is 0 Å². The number of rotatable bonds is 3. The van der Waals surface area contributed by atoms with Gasteiger partial charge in [0.15, 0.2) is 0 Å². The van der Waals surface area contributed by atoms with E-state index in [1.54, 1.807) is 6.33 Å². The summed E-state index contributed by atoms with van der Waals surface area (Å²) in [6.45, 7) is 13.6. The van der Waals surface area contributed by atoms with Crippen molar-refractivity contribution >= 4 is 17.2 Å². The second kappa shape index (κ2) is 6.30. The van der Waals surface area contributed by atoms with Crippen LogP contribution >= 0.6 is 11.3 Å². The van der Waals surface area contributed by atoms with E-state index in [2.05, 4.69) is 45.5 Å². The lowest BCUT2D eigenvalue weighted by Gasteiger charge is -2.35. The Kier molecular flexibility index (Phi) is 4.40. The molecule has 0 atom stereocenters. The van der Waals surface area contributed by atoms with Gasteiger partial charge in [0.05, 0.1) is 10.7 Å². The molecule has 6 heteroatoms. The lowest BCUT2D eigenvalue weighted by Crippen LogP contribution is -2.46. The van der Waals surface area contributed by atoms with Crippen LogP contribution in [0.4, 0.5) is 5.82 Å². The van der Waals surface area contributed by atoms with Crippen molar-refractivity contribution in [2.75, 3.05) is 31.1 Å². The average molecular weight is 317 g/mol. The van der Waals surface area contributed by atoms with Gasteiger partial charge in [-0.15, -0.1) is 11.3 Å². The van der Waals surface area contributed by atoms with Crippen molar-refractivity contribution in [3.8, 4) is 0 Å². The molecule has 2 aromatic rings. The van der Waals surface area contributed by atoms with Crippen molar-refractivity contribution in [2.45, 2.75) is 34.2 Å². The van der Waals surface area contributed by atoms with Crippen LogP contribution in [0.15, 0.2) is 6.33 Å². The Morgan fingerprint density at radius 1 is 1.00 bits per heavy atom. The first-order chi connectivity index (χ1) is 10.5. The van der Waals surface area contributed by atoms with Crippen LogP contribution in [-0.4, -0.2) is 46.0 Å². The summed E-state index contributed by atoms with van der Waals surface area (Å²) in [5.74, 6) is 1.09. The molecule has 3 heterocycles. The van der Waals surface area contributed by atoms with E-state index in [1.165, 1.54) is 21.1 Å². The minimum absolute atomic E-state index is 1.02. The zero-order valence-electron chi connectivity index (χ0n) is 13.8. The van der Waals surface area contributed by atoms with Crippen LogP contribution in [0.3, 0.4) is 0 Å². The summed E-state index contributed by atoms with van der Waals surface area (Å²) in [4.78, 5) is 19.6. The van der Waals surface area contributed by atoms with Gasteiger partial charge in [-0.05, 0) is 27.7 Å². The van der Waals surface area contributed by atoms with Gasteiger partial charge in [0.25, 0.3) is 0 Å². The highest BCUT2D eigenvalue weighted by Gasteiger charge is 2.21. The smallest absolute Gasteiger partial charge is 0.135 e. The Bertz CT molecular complexity index is 659. The zero-order chi connectivity index (χ0) is 15.7. The molecule has 0 unspecified atom stereocenters. The minimum Gasteiger partial charge on any atom is -0.354 e. The number of hydrogen-bond acceptors (Lipinski definition) is 6. The van der Waals surface area contributed by atoms with Gasteiger partial charge in [-0.1, -0.05) is 0 Å². The van der Waals surface area contributed by atoms with Crippen molar-refractivity contribution in [1.29, 1.82) is 0 Å². The van der Waals surface area contributed by atoms with E-state index in [0.717, 1.165) is 44.2 Å². The van der Waals surface area contributed by atoms with Gasteiger partial charge in [-0.3, -0.25) is 4.90 Å². The molecule has 0 aliphatic carbocycles. The highest BCUT2D eigenvalue weighted by atomic mass is 32.1. The Labute approximate surface area is 136 Å². The number of nitrogens with zero attached hydrogens (tertiary/aromatic N) is 5. The molecule has 3 rings (SSSR count). The number of hydrogen-bond donors (Lipinski definition) is 0. The summed E-state index contributed by atoms with van der Waals surface area (Å²) in [7, 11) is 0. The van der Waals surface area contributed by atoms with Crippen molar-refractivity contribution in [1.82, 2.24) is 19.9 Å². The Morgan fingerprint density at radius 2 is 1.73 bits per heavy atom. The average Bonchev–Trinajstić information content (AvgIpc) is 2.81. The first kappa shape index (κ1) is 15.4. The van der Waals surface area contributed by atoms with Crippen LogP contribution in [0, 0.1) is 27.7 Å². The van der Waals surface area contributed by atoms with Gasteiger partial charge in [0.2, 0.25) is 0 Å². The van der Waals surface area contributed by atoms with Crippen molar-refractivity contribution in [3.05, 3.63) is 33.2 Å². The fraction of sp³-hybridized carbons (Fsp3) is 0.562. The van der Waals surface area contributed by atoms with Gasteiger partial charge < -0.3 is 4.90 Å². The largest absolute Gasteiger partial charge is 0.354 e.